The van der Waals surface area contributed by atoms with Crippen LogP contribution in [-0.2, 0) is 27.7 Å². The third kappa shape index (κ3) is 4.91. The summed E-state index contributed by atoms with van der Waals surface area (Å²) in [5.74, 6) is -0.367. The van der Waals surface area contributed by atoms with E-state index in [0.717, 1.165) is 30.4 Å². The molecule has 1 saturated heterocycles. The van der Waals surface area contributed by atoms with Crippen LogP contribution in [0.4, 0.5) is 0 Å². The fraction of sp³-hybridized carbons (Fsp3) is 0.500. The molecule has 1 fully saturated rings. The Morgan fingerprint density at radius 2 is 1.78 bits per heavy atom. The highest BCUT2D eigenvalue weighted by Crippen LogP contribution is 2.28. The molecule has 4 rings (SSSR count). The first-order valence-corrected chi connectivity index (χ1v) is 13.3. The molecular formula is C26H34N2O3S. The highest BCUT2D eigenvalue weighted by Gasteiger charge is 2.34. The lowest BCUT2D eigenvalue weighted by atomic mass is 9.88. The Morgan fingerprint density at radius 1 is 1.06 bits per heavy atom. The zero-order valence-corrected chi connectivity index (χ0v) is 20.0. The Balaban J connectivity index is 1.45. The molecule has 2 aromatic rings. The molecule has 2 atom stereocenters. The second-order valence-electron chi connectivity index (χ2n) is 9.22. The van der Waals surface area contributed by atoms with E-state index in [-0.39, 0.29) is 24.4 Å². The summed E-state index contributed by atoms with van der Waals surface area (Å²) >= 11 is 0. The van der Waals surface area contributed by atoms with Crippen LogP contribution in [0.3, 0.4) is 0 Å². The molecule has 0 saturated carbocycles. The monoisotopic (exact) mass is 454 g/mol. The van der Waals surface area contributed by atoms with Crippen molar-refractivity contribution in [2.24, 2.45) is 5.92 Å². The normalized spacial score (nSPS) is 20.4. The molecular weight excluding hydrogens is 420 g/mol. The highest BCUT2D eigenvalue weighted by atomic mass is 32.2. The van der Waals surface area contributed by atoms with Crippen LogP contribution >= 0.6 is 0 Å². The zero-order valence-electron chi connectivity index (χ0n) is 19.1. The predicted molar refractivity (Wildman–Crippen MR) is 127 cm³/mol. The number of hydrogen-bond donors (Lipinski definition) is 1. The lowest BCUT2D eigenvalue weighted by molar-refractivity contribution is -0.126. The van der Waals surface area contributed by atoms with Gasteiger partial charge in [0.05, 0.1) is 16.9 Å². The minimum atomic E-state index is -3.59. The van der Waals surface area contributed by atoms with E-state index in [2.05, 4.69) is 30.4 Å². The van der Waals surface area contributed by atoms with E-state index >= 15 is 0 Å². The maximum Gasteiger partial charge on any atom is 0.243 e. The molecule has 32 heavy (non-hydrogen) atoms. The van der Waals surface area contributed by atoms with Gasteiger partial charge < -0.3 is 5.32 Å². The fourth-order valence-corrected chi connectivity index (χ4v) is 6.44. The lowest BCUT2D eigenvalue weighted by Crippen LogP contribution is -2.46. The second kappa shape index (κ2) is 9.75. The summed E-state index contributed by atoms with van der Waals surface area (Å²) in [7, 11) is -3.59. The van der Waals surface area contributed by atoms with Crippen molar-refractivity contribution in [3.8, 4) is 0 Å². The Morgan fingerprint density at radius 3 is 2.50 bits per heavy atom. The summed E-state index contributed by atoms with van der Waals surface area (Å²) in [6.45, 7) is 4.72. The Labute approximate surface area is 192 Å². The van der Waals surface area contributed by atoms with E-state index in [1.165, 1.54) is 28.3 Å². The zero-order chi connectivity index (χ0) is 22.7. The van der Waals surface area contributed by atoms with Crippen LogP contribution in [0.25, 0.3) is 0 Å². The number of carbonyl (C=O) groups is 1. The first-order valence-electron chi connectivity index (χ1n) is 11.9. The SMILES string of the molecule is CC[C@@H](NC(=O)[C@@H]1CCCN(S(=O)(=O)c2ccc(C)cc2)C1)c1ccc2c(c1)CCCC2. The molecule has 1 amide bonds. The average Bonchev–Trinajstić information content (AvgIpc) is 2.82. The van der Waals surface area contributed by atoms with Crippen LogP contribution in [0, 0.1) is 12.8 Å². The number of rotatable bonds is 6. The summed E-state index contributed by atoms with van der Waals surface area (Å²) in [5, 5.41) is 3.22. The minimum Gasteiger partial charge on any atom is -0.349 e. The fourth-order valence-electron chi connectivity index (χ4n) is 4.91. The number of hydrogen-bond acceptors (Lipinski definition) is 3. The molecule has 172 valence electrons. The van der Waals surface area contributed by atoms with Gasteiger partial charge in [-0.15, -0.1) is 0 Å². The predicted octanol–water partition coefficient (Wildman–Crippen LogP) is 4.54. The van der Waals surface area contributed by atoms with Crippen LogP contribution in [0.1, 0.15) is 67.3 Å². The smallest absolute Gasteiger partial charge is 0.243 e. The van der Waals surface area contributed by atoms with Gasteiger partial charge in [0.1, 0.15) is 0 Å². The average molecular weight is 455 g/mol. The van der Waals surface area contributed by atoms with Crippen molar-refractivity contribution in [2.45, 2.75) is 69.7 Å². The van der Waals surface area contributed by atoms with Crippen molar-refractivity contribution in [2.75, 3.05) is 13.1 Å². The number of benzene rings is 2. The molecule has 6 heteroatoms. The molecule has 2 aliphatic rings. The van der Waals surface area contributed by atoms with E-state index in [4.69, 9.17) is 0 Å². The van der Waals surface area contributed by atoms with E-state index in [9.17, 15) is 13.2 Å². The molecule has 1 aliphatic heterocycles. The van der Waals surface area contributed by atoms with Gasteiger partial charge in [-0.25, -0.2) is 8.42 Å². The number of amides is 1. The van der Waals surface area contributed by atoms with E-state index in [1.54, 1.807) is 12.1 Å². The van der Waals surface area contributed by atoms with Gasteiger partial charge in [-0.1, -0.05) is 42.8 Å². The topological polar surface area (TPSA) is 66.5 Å². The largest absolute Gasteiger partial charge is 0.349 e. The van der Waals surface area contributed by atoms with Crippen molar-refractivity contribution in [1.82, 2.24) is 9.62 Å². The summed E-state index contributed by atoms with van der Waals surface area (Å²) in [6, 6.07) is 13.5. The Kier molecular flexibility index (Phi) is 7.01. The van der Waals surface area contributed by atoms with Crippen LogP contribution in [0.5, 0.6) is 0 Å². The van der Waals surface area contributed by atoms with Gasteiger partial charge in [-0.2, -0.15) is 4.31 Å². The van der Waals surface area contributed by atoms with Crippen LogP contribution < -0.4 is 5.32 Å². The van der Waals surface area contributed by atoms with E-state index < -0.39 is 10.0 Å². The number of aryl methyl sites for hydroxylation is 3. The van der Waals surface area contributed by atoms with Crippen molar-refractivity contribution < 1.29 is 13.2 Å². The second-order valence-corrected chi connectivity index (χ2v) is 11.2. The number of piperidine rings is 1. The Hall–Kier alpha value is -2.18. The van der Waals surface area contributed by atoms with Gasteiger partial charge >= 0.3 is 0 Å². The van der Waals surface area contributed by atoms with Gasteiger partial charge in [0, 0.05) is 13.1 Å². The molecule has 2 aromatic carbocycles. The van der Waals surface area contributed by atoms with Crippen molar-refractivity contribution >= 4 is 15.9 Å². The van der Waals surface area contributed by atoms with Crippen molar-refractivity contribution in [3.05, 3.63) is 64.7 Å². The summed E-state index contributed by atoms with van der Waals surface area (Å²) in [5.41, 5.74) is 5.02. The number of nitrogens with zero attached hydrogens (tertiary/aromatic N) is 1. The molecule has 0 aromatic heterocycles. The van der Waals surface area contributed by atoms with Crippen LogP contribution in [0.2, 0.25) is 0 Å². The molecule has 0 bridgehead atoms. The van der Waals surface area contributed by atoms with Crippen molar-refractivity contribution in [3.63, 3.8) is 0 Å². The number of sulfonamides is 1. The third-order valence-corrected chi connectivity index (χ3v) is 8.79. The first-order chi connectivity index (χ1) is 15.4. The molecule has 5 nitrogen and oxygen atoms in total. The third-order valence-electron chi connectivity index (χ3n) is 6.91. The standard InChI is InChI=1S/C26H34N2O3S/c1-3-25(22-13-12-20-7-4-5-8-21(20)17-22)27-26(29)23-9-6-16-28(18-23)32(30,31)24-14-10-19(2)11-15-24/h10-15,17,23,25H,3-9,16,18H2,1-2H3,(H,27,29)/t23-,25-/m1/s1. The van der Waals surface area contributed by atoms with E-state index in [0.29, 0.717) is 24.3 Å². The Bertz CT molecular complexity index is 1060. The summed E-state index contributed by atoms with van der Waals surface area (Å²) in [6.07, 6.45) is 6.96. The molecule has 0 unspecified atom stereocenters. The highest BCUT2D eigenvalue weighted by molar-refractivity contribution is 7.89. The minimum absolute atomic E-state index is 0.0428. The van der Waals surface area contributed by atoms with Gasteiger partial charge in [0.15, 0.2) is 0 Å². The maximum absolute atomic E-state index is 13.2. The maximum atomic E-state index is 13.2. The van der Waals surface area contributed by atoms with E-state index in [1.807, 2.05) is 19.1 Å². The molecule has 0 spiro atoms. The molecule has 1 aliphatic carbocycles. The summed E-state index contributed by atoms with van der Waals surface area (Å²) in [4.78, 5) is 13.4. The molecule has 1 heterocycles. The lowest BCUT2D eigenvalue weighted by Gasteiger charge is -2.32. The van der Waals surface area contributed by atoms with Crippen LogP contribution in [0.15, 0.2) is 47.4 Å². The van der Waals surface area contributed by atoms with Crippen molar-refractivity contribution in [1.29, 1.82) is 0 Å². The number of nitrogens with one attached hydrogen (secondary N) is 1. The van der Waals surface area contributed by atoms with Crippen LogP contribution in [-0.4, -0.2) is 31.7 Å². The first kappa shape index (κ1) is 23.0. The van der Waals surface area contributed by atoms with Gasteiger partial charge in [-0.05, 0) is 80.7 Å². The molecule has 1 N–H and O–H groups in total. The molecule has 0 radical (unpaired) electrons. The quantitative estimate of drug-likeness (QED) is 0.697. The van der Waals surface area contributed by atoms with Gasteiger partial charge in [-0.3, -0.25) is 4.79 Å². The van der Waals surface area contributed by atoms with Gasteiger partial charge in [0.2, 0.25) is 15.9 Å². The number of fused-ring (bicyclic) bond motifs is 1. The number of carbonyl (C=O) groups excluding carboxylic acids is 1. The van der Waals surface area contributed by atoms with Gasteiger partial charge in [0.25, 0.3) is 0 Å². The summed E-state index contributed by atoms with van der Waals surface area (Å²) < 4.78 is 27.7.